The number of halogens is 2. The molecule has 1 saturated carbocycles. The summed E-state index contributed by atoms with van der Waals surface area (Å²) in [5.41, 5.74) is 3.24. The van der Waals surface area contributed by atoms with Crippen molar-refractivity contribution in [1.29, 1.82) is 5.26 Å². The maximum atomic E-state index is 13.0. The molecule has 1 N–H and O–H groups in total. The summed E-state index contributed by atoms with van der Waals surface area (Å²) in [6.07, 6.45) is 3.92. The van der Waals surface area contributed by atoms with Crippen molar-refractivity contribution in [2.45, 2.75) is 37.5 Å². The van der Waals surface area contributed by atoms with Crippen LogP contribution in [0.4, 0.5) is 0 Å². The Kier molecular flexibility index (Phi) is 4.77. The molecule has 2 heterocycles. The molecule has 0 aliphatic heterocycles. The molecule has 0 unspecified atom stereocenters. The topological polar surface area (TPSA) is 73.9 Å². The molecule has 0 bridgehead atoms. The molecule has 150 valence electrons. The van der Waals surface area contributed by atoms with Gasteiger partial charge in [-0.15, -0.1) is 0 Å². The fourth-order valence-electron chi connectivity index (χ4n) is 4.58. The molecule has 5 rings (SSSR count). The van der Waals surface area contributed by atoms with Gasteiger partial charge in [-0.05, 0) is 67.5 Å². The van der Waals surface area contributed by atoms with Gasteiger partial charge in [-0.3, -0.25) is 9.89 Å². The summed E-state index contributed by atoms with van der Waals surface area (Å²) in [6.45, 7) is 0. The van der Waals surface area contributed by atoms with Gasteiger partial charge in [0.05, 0.1) is 16.6 Å². The second kappa shape index (κ2) is 7.46. The number of fused-ring (bicyclic) bond motifs is 2. The van der Waals surface area contributed by atoms with Crippen molar-refractivity contribution in [3.8, 4) is 6.07 Å². The first-order chi connectivity index (χ1) is 14.5. The maximum absolute atomic E-state index is 13.0. The highest BCUT2D eigenvalue weighted by Gasteiger charge is 2.28. The van der Waals surface area contributed by atoms with Gasteiger partial charge in [0, 0.05) is 16.0 Å². The van der Waals surface area contributed by atoms with Gasteiger partial charge in [0.25, 0.3) is 5.56 Å². The lowest BCUT2D eigenvalue weighted by molar-refractivity contribution is 0.390. The lowest BCUT2D eigenvalue weighted by Crippen LogP contribution is -2.16. The Morgan fingerprint density at radius 2 is 1.67 bits per heavy atom. The molecule has 4 aromatic rings. The predicted molar refractivity (Wildman–Crippen MR) is 118 cm³/mol. The SMILES string of the molecule is N#Cc1c(C2CCC(c3ccc(Cl)cc3)CC2)[nH]n2c(=O)c3cc(Cl)ccc3nc12. The van der Waals surface area contributed by atoms with E-state index in [-0.39, 0.29) is 11.5 Å². The van der Waals surface area contributed by atoms with E-state index in [1.54, 1.807) is 18.2 Å². The van der Waals surface area contributed by atoms with Crippen LogP contribution in [0.15, 0.2) is 47.3 Å². The van der Waals surface area contributed by atoms with Crippen LogP contribution in [0, 0.1) is 11.3 Å². The van der Waals surface area contributed by atoms with Crippen molar-refractivity contribution < 1.29 is 0 Å². The van der Waals surface area contributed by atoms with Gasteiger partial charge >= 0.3 is 0 Å². The highest BCUT2D eigenvalue weighted by Crippen LogP contribution is 2.41. The minimum Gasteiger partial charge on any atom is -0.292 e. The van der Waals surface area contributed by atoms with Crippen LogP contribution < -0.4 is 5.56 Å². The number of aromatic nitrogens is 3. The molecule has 30 heavy (non-hydrogen) atoms. The summed E-state index contributed by atoms with van der Waals surface area (Å²) in [7, 11) is 0. The summed E-state index contributed by atoms with van der Waals surface area (Å²) >= 11 is 12.1. The van der Waals surface area contributed by atoms with Crippen molar-refractivity contribution >= 4 is 39.8 Å². The molecule has 2 aromatic heterocycles. The van der Waals surface area contributed by atoms with Gasteiger partial charge in [0.2, 0.25) is 0 Å². The first kappa shape index (κ1) is 19.2. The van der Waals surface area contributed by atoms with E-state index in [0.717, 1.165) is 36.4 Å². The third-order valence-corrected chi connectivity index (χ3v) is 6.63. The number of hydrogen-bond acceptors (Lipinski definition) is 3. The van der Waals surface area contributed by atoms with E-state index < -0.39 is 0 Å². The summed E-state index contributed by atoms with van der Waals surface area (Å²) in [6, 6.07) is 15.4. The predicted octanol–water partition coefficient (Wildman–Crippen LogP) is 5.80. The molecular formula is C23H18Cl2N4O. The molecule has 1 aliphatic rings. The van der Waals surface area contributed by atoms with Gasteiger partial charge in [-0.25, -0.2) is 4.98 Å². The molecule has 2 aromatic carbocycles. The fraction of sp³-hybridized carbons (Fsp3) is 0.261. The molecule has 0 atom stereocenters. The molecule has 1 fully saturated rings. The smallest absolute Gasteiger partial charge is 0.280 e. The zero-order valence-corrected chi connectivity index (χ0v) is 17.5. The van der Waals surface area contributed by atoms with Crippen molar-refractivity contribution in [1.82, 2.24) is 14.6 Å². The summed E-state index contributed by atoms with van der Waals surface area (Å²) in [5, 5.41) is 14.7. The zero-order chi connectivity index (χ0) is 20.8. The Hall–Kier alpha value is -2.81. The molecular weight excluding hydrogens is 419 g/mol. The highest BCUT2D eigenvalue weighted by atomic mass is 35.5. The Balaban J connectivity index is 1.51. The fourth-order valence-corrected chi connectivity index (χ4v) is 4.88. The van der Waals surface area contributed by atoms with Gasteiger partial charge in [0.15, 0.2) is 5.65 Å². The first-order valence-corrected chi connectivity index (χ1v) is 10.7. The van der Waals surface area contributed by atoms with Crippen LogP contribution in [0.3, 0.4) is 0 Å². The van der Waals surface area contributed by atoms with Crippen molar-refractivity contribution in [3.63, 3.8) is 0 Å². The van der Waals surface area contributed by atoms with E-state index in [1.807, 2.05) is 12.1 Å². The quantitative estimate of drug-likeness (QED) is 0.431. The van der Waals surface area contributed by atoms with E-state index in [9.17, 15) is 10.1 Å². The Morgan fingerprint density at radius 1 is 1.00 bits per heavy atom. The normalized spacial score (nSPS) is 19.2. The van der Waals surface area contributed by atoms with Crippen molar-refractivity contribution in [2.75, 3.05) is 0 Å². The van der Waals surface area contributed by atoms with E-state index in [1.165, 1.54) is 10.1 Å². The van der Waals surface area contributed by atoms with Gasteiger partial charge < -0.3 is 0 Å². The van der Waals surface area contributed by atoms with E-state index in [4.69, 9.17) is 23.2 Å². The van der Waals surface area contributed by atoms with Gasteiger partial charge in [-0.2, -0.15) is 9.78 Å². The molecule has 1 aliphatic carbocycles. The van der Waals surface area contributed by atoms with Crippen molar-refractivity contribution in [3.05, 3.63) is 79.7 Å². The monoisotopic (exact) mass is 436 g/mol. The lowest BCUT2D eigenvalue weighted by Gasteiger charge is -2.28. The van der Waals surface area contributed by atoms with Crippen LogP contribution in [-0.2, 0) is 0 Å². The first-order valence-electron chi connectivity index (χ1n) is 9.94. The second-order valence-electron chi connectivity index (χ2n) is 7.85. The molecule has 0 saturated heterocycles. The molecule has 0 spiro atoms. The zero-order valence-electron chi connectivity index (χ0n) is 16.0. The van der Waals surface area contributed by atoms with Crippen LogP contribution in [-0.4, -0.2) is 14.6 Å². The number of nitrogens with one attached hydrogen (secondary N) is 1. The second-order valence-corrected chi connectivity index (χ2v) is 8.72. The van der Waals surface area contributed by atoms with Gasteiger partial charge in [-0.1, -0.05) is 35.3 Å². The minimum atomic E-state index is -0.241. The summed E-state index contributed by atoms with van der Waals surface area (Å²) in [4.78, 5) is 17.6. The van der Waals surface area contributed by atoms with Crippen LogP contribution >= 0.6 is 23.2 Å². The van der Waals surface area contributed by atoms with E-state index in [2.05, 4.69) is 28.3 Å². The average Bonchev–Trinajstić information content (AvgIpc) is 3.14. The third kappa shape index (κ3) is 3.17. The van der Waals surface area contributed by atoms with Gasteiger partial charge in [0.1, 0.15) is 11.6 Å². The molecule has 0 amide bonds. The van der Waals surface area contributed by atoms with E-state index in [0.29, 0.717) is 33.1 Å². The standard InChI is InChI=1S/C23H18Cl2N4O/c24-16-7-5-14(6-8-16)13-1-3-15(4-2-13)21-19(12-26)22-27-20-10-9-17(25)11-18(20)23(30)29(22)28-21/h5-11,13,15,28H,1-4H2. The lowest BCUT2D eigenvalue weighted by atomic mass is 9.77. The Labute approximate surface area is 182 Å². The summed E-state index contributed by atoms with van der Waals surface area (Å²) < 4.78 is 1.39. The third-order valence-electron chi connectivity index (χ3n) is 6.14. The minimum absolute atomic E-state index is 0.191. The number of hydrogen-bond donors (Lipinski definition) is 1. The number of nitriles is 1. The number of rotatable bonds is 2. The number of benzene rings is 2. The van der Waals surface area contributed by atoms with Crippen LogP contribution in [0.2, 0.25) is 10.0 Å². The number of nitrogens with zero attached hydrogens (tertiary/aromatic N) is 3. The maximum Gasteiger partial charge on any atom is 0.280 e. The Morgan fingerprint density at radius 3 is 2.37 bits per heavy atom. The number of aromatic amines is 1. The average molecular weight is 437 g/mol. The van der Waals surface area contributed by atoms with Crippen LogP contribution in [0.1, 0.15) is 54.3 Å². The molecule has 7 heteroatoms. The largest absolute Gasteiger partial charge is 0.292 e. The molecule has 5 nitrogen and oxygen atoms in total. The summed E-state index contributed by atoms with van der Waals surface area (Å²) in [5.74, 6) is 0.676. The van der Waals surface area contributed by atoms with Crippen molar-refractivity contribution in [2.24, 2.45) is 0 Å². The Bertz CT molecular complexity index is 1360. The molecule has 0 radical (unpaired) electrons. The number of H-pyrrole nitrogens is 1. The highest BCUT2D eigenvalue weighted by molar-refractivity contribution is 6.31. The van der Waals surface area contributed by atoms with Crippen LogP contribution in [0.5, 0.6) is 0 Å². The van der Waals surface area contributed by atoms with E-state index >= 15 is 0 Å². The van der Waals surface area contributed by atoms with Crippen LogP contribution in [0.25, 0.3) is 16.6 Å².